The summed E-state index contributed by atoms with van der Waals surface area (Å²) in [6, 6.07) is 18.0. The molecule has 1 aliphatic heterocycles. The Morgan fingerprint density at radius 2 is 1.85 bits per heavy atom. The van der Waals surface area contributed by atoms with Gasteiger partial charge in [0.2, 0.25) is 5.91 Å². The highest BCUT2D eigenvalue weighted by molar-refractivity contribution is 8.18. The van der Waals surface area contributed by atoms with Crippen LogP contribution in [-0.4, -0.2) is 42.2 Å². The molecule has 3 amide bonds. The number of amides is 3. The van der Waals surface area contributed by atoms with Gasteiger partial charge in [0.15, 0.2) is 11.5 Å². The number of anilines is 1. The predicted molar refractivity (Wildman–Crippen MR) is 152 cm³/mol. The Hall–Kier alpha value is -3.95. The van der Waals surface area contributed by atoms with Crippen molar-refractivity contribution in [2.24, 2.45) is 0 Å². The lowest BCUT2D eigenvalue weighted by Crippen LogP contribution is -2.36. The van der Waals surface area contributed by atoms with E-state index in [1.54, 1.807) is 36.4 Å². The second kappa shape index (κ2) is 12.7. The zero-order valence-electron chi connectivity index (χ0n) is 21.7. The van der Waals surface area contributed by atoms with Crippen molar-refractivity contribution in [1.82, 2.24) is 4.90 Å². The fourth-order valence-electron chi connectivity index (χ4n) is 3.85. The van der Waals surface area contributed by atoms with Crippen LogP contribution < -0.4 is 19.5 Å². The molecule has 202 valence electrons. The van der Waals surface area contributed by atoms with Crippen LogP contribution in [0.15, 0.2) is 65.6 Å². The van der Waals surface area contributed by atoms with Crippen LogP contribution in [0.3, 0.4) is 0 Å². The van der Waals surface area contributed by atoms with Gasteiger partial charge in [-0.25, -0.2) is 0 Å². The lowest BCUT2D eigenvalue weighted by atomic mass is 10.1. The molecule has 0 atom stereocenters. The quantitative estimate of drug-likeness (QED) is 0.287. The van der Waals surface area contributed by atoms with E-state index in [-0.39, 0.29) is 4.91 Å². The lowest BCUT2D eigenvalue weighted by Gasteiger charge is -2.14. The molecular weight excluding hydrogens is 540 g/mol. The van der Waals surface area contributed by atoms with Crippen molar-refractivity contribution in [3.05, 3.63) is 87.3 Å². The molecule has 0 aliphatic carbocycles. The van der Waals surface area contributed by atoms with Crippen molar-refractivity contribution >= 4 is 52.2 Å². The van der Waals surface area contributed by atoms with E-state index in [1.807, 2.05) is 38.1 Å². The van der Waals surface area contributed by atoms with Crippen molar-refractivity contribution in [3.8, 4) is 17.2 Å². The Balaban J connectivity index is 1.43. The Bertz CT molecular complexity index is 1420. The molecule has 0 saturated carbocycles. The normalized spacial score (nSPS) is 14.1. The number of ether oxygens (including phenoxy) is 3. The summed E-state index contributed by atoms with van der Waals surface area (Å²) in [6.07, 6.45) is 1.54. The minimum atomic E-state index is -0.568. The first kappa shape index (κ1) is 28.1. The number of hydrogen-bond donors (Lipinski definition) is 1. The second-order valence-corrected chi connectivity index (χ2v) is 9.99. The molecule has 8 nitrogen and oxygen atoms in total. The number of aryl methyl sites for hydroxylation is 1. The zero-order chi connectivity index (χ0) is 27.9. The molecule has 0 radical (unpaired) electrons. The van der Waals surface area contributed by atoms with Gasteiger partial charge >= 0.3 is 0 Å². The van der Waals surface area contributed by atoms with Crippen molar-refractivity contribution in [2.45, 2.75) is 20.5 Å². The Morgan fingerprint density at radius 1 is 1.08 bits per heavy atom. The van der Waals surface area contributed by atoms with Crippen LogP contribution in [0.1, 0.15) is 23.6 Å². The summed E-state index contributed by atoms with van der Waals surface area (Å²) in [5.41, 5.74) is 3.17. The average Bonchev–Trinajstić information content (AvgIpc) is 3.16. The maximum atomic E-state index is 12.9. The van der Waals surface area contributed by atoms with E-state index in [1.165, 1.54) is 13.2 Å². The van der Waals surface area contributed by atoms with Crippen LogP contribution in [0.2, 0.25) is 5.02 Å². The van der Waals surface area contributed by atoms with Crippen molar-refractivity contribution in [3.63, 3.8) is 0 Å². The molecule has 0 aromatic heterocycles. The van der Waals surface area contributed by atoms with Gasteiger partial charge in [0.25, 0.3) is 11.1 Å². The average molecular weight is 567 g/mol. The van der Waals surface area contributed by atoms with E-state index < -0.39 is 23.6 Å². The Morgan fingerprint density at radius 3 is 2.54 bits per heavy atom. The molecule has 1 fully saturated rings. The molecule has 3 aromatic carbocycles. The van der Waals surface area contributed by atoms with Gasteiger partial charge < -0.3 is 19.5 Å². The maximum absolute atomic E-state index is 12.9. The molecule has 4 rings (SSSR count). The highest BCUT2D eigenvalue weighted by Gasteiger charge is 2.36. The topological polar surface area (TPSA) is 94.2 Å². The number of carbonyl (C=O) groups excluding carboxylic acids is 3. The van der Waals surface area contributed by atoms with E-state index in [4.69, 9.17) is 25.8 Å². The minimum absolute atomic E-state index is 0.167. The Labute approximate surface area is 235 Å². The molecule has 3 aromatic rings. The van der Waals surface area contributed by atoms with Crippen molar-refractivity contribution in [2.75, 3.05) is 25.6 Å². The summed E-state index contributed by atoms with van der Waals surface area (Å²) < 4.78 is 16.8. The number of carbonyl (C=O) groups is 3. The molecule has 1 saturated heterocycles. The Kier molecular flexibility index (Phi) is 9.16. The second-order valence-electron chi connectivity index (χ2n) is 8.59. The molecule has 0 bridgehead atoms. The van der Waals surface area contributed by atoms with Gasteiger partial charge in [0.05, 0.1) is 23.6 Å². The number of methoxy groups -OCH3 is 1. The number of thioether (sulfide) groups is 1. The van der Waals surface area contributed by atoms with E-state index in [0.29, 0.717) is 46.7 Å². The summed E-state index contributed by atoms with van der Waals surface area (Å²) in [4.78, 5) is 39.1. The molecule has 39 heavy (non-hydrogen) atoms. The van der Waals surface area contributed by atoms with Gasteiger partial charge in [-0.05, 0) is 79.2 Å². The summed E-state index contributed by atoms with van der Waals surface area (Å²) in [7, 11) is 1.49. The van der Waals surface area contributed by atoms with Gasteiger partial charge in [0, 0.05) is 5.69 Å². The van der Waals surface area contributed by atoms with E-state index in [2.05, 4.69) is 5.32 Å². The summed E-state index contributed by atoms with van der Waals surface area (Å²) >= 11 is 7.25. The number of hydrogen-bond acceptors (Lipinski definition) is 7. The van der Waals surface area contributed by atoms with Crippen LogP contribution in [0, 0.1) is 6.92 Å². The minimum Gasteiger partial charge on any atom is -0.494 e. The molecule has 0 unspecified atom stereocenters. The highest BCUT2D eigenvalue weighted by atomic mass is 35.5. The number of halogens is 1. The zero-order valence-corrected chi connectivity index (χ0v) is 23.2. The molecule has 1 N–H and O–H groups in total. The maximum Gasteiger partial charge on any atom is 0.294 e. The first-order valence-electron chi connectivity index (χ1n) is 12.1. The summed E-state index contributed by atoms with van der Waals surface area (Å²) in [5, 5.41) is 2.44. The van der Waals surface area contributed by atoms with E-state index >= 15 is 0 Å². The fourth-order valence-corrected chi connectivity index (χ4v) is 4.97. The highest BCUT2D eigenvalue weighted by Crippen LogP contribution is 2.39. The third-order valence-corrected chi connectivity index (χ3v) is 6.83. The van der Waals surface area contributed by atoms with Crippen molar-refractivity contribution < 1.29 is 28.6 Å². The first-order valence-corrected chi connectivity index (χ1v) is 13.3. The first-order chi connectivity index (χ1) is 18.8. The van der Waals surface area contributed by atoms with Gasteiger partial charge in [-0.3, -0.25) is 19.3 Å². The van der Waals surface area contributed by atoms with Crippen LogP contribution in [-0.2, 0) is 16.2 Å². The van der Waals surface area contributed by atoms with E-state index in [0.717, 1.165) is 27.8 Å². The van der Waals surface area contributed by atoms with Crippen LogP contribution in [0.4, 0.5) is 10.5 Å². The smallest absolute Gasteiger partial charge is 0.294 e. The largest absolute Gasteiger partial charge is 0.494 e. The number of benzene rings is 3. The lowest BCUT2D eigenvalue weighted by molar-refractivity contribution is -0.127. The molecule has 1 heterocycles. The van der Waals surface area contributed by atoms with E-state index in [9.17, 15) is 14.4 Å². The summed E-state index contributed by atoms with van der Waals surface area (Å²) in [5.74, 6) is 0.366. The molecule has 0 spiro atoms. The number of nitrogens with one attached hydrogen (secondary N) is 1. The van der Waals surface area contributed by atoms with Gasteiger partial charge in [-0.15, -0.1) is 0 Å². The van der Waals surface area contributed by atoms with Gasteiger partial charge in [0.1, 0.15) is 18.9 Å². The molecule has 10 heteroatoms. The summed E-state index contributed by atoms with van der Waals surface area (Å²) in [6.45, 7) is 4.30. The molecule has 1 aliphatic rings. The van der Waals surface area contributed by atoms with Crippen molar-refractivity contribution in [1.29, 1.82) is 0 Å². The number of rotatable bonds is 10. The SMILES string of the molecule is CCOc1ccc(NC(=O)CN2C(=O)S/C(=C/c3cc(Cl)c(OCc4cccc(C)c4)c(OC)c3)C2=O)cc1. The third-order valence-electron chi connectivity index (χ3n) is 5.64. The monoisotopic (exact) mass is 566 g/mol. The van der Waals surface area contributed by atoms with Gasteiger partial charge in [-0.1, -0.05) is 41.4 Å². The van der Waals surface area contributed by atoms with Crippen LogP contribution in [0.25, 0.3) is 6.08 Å². The third kappa shape index (κ3) is 7.13. The van der Waals surface area contributed by atoms with Crippen LogP contribution in [0.5, 0.6) is 17.2 Å². The standard InChI is InChI=1S/C29H27ClN2O6S/c1-4-37-22-10-8-21(9-11-22)31-26(33)16-32-28(34)25(39-29(32)35)15-20-13-23(30)27(24(14-20)36-3)38-17-19-7-5-6-18(2)12-19/h5-15H,4,16-17H2,1-3H3,(H,31,33)/b25-15+. The fraction of sp³-hybridized carbons (Fsp3) is 0.207. The molecular formula is C29H27ClN2O6S. The van der Waals surface area contributed by atoms with Crippen LogP contribution >= 0.6 is 23.4 Å². The van der Waals surface area contributed by atoms with Gasteiger partial charge in [-0.2, -0.15) is 0 Å². The number of nitrogens with zero attached hydrogens (tertiary/aromatic N) is 1. The number of imide groups is 1. The predicted octanol–water partition coefficient (Wildman–Crippen LogP) is 6.31.